The minimum Gasteiger partial charge on any atom is -0.461 e. The van der Waals surface area contributed by atoms with Crippen molar-refractivity contribution < 1.29 is 9.21 Å². The number of furan rings is 1. The van der Waals surface area contributed by atoms with E-state index in [0.717, 1.165) is 28.7 Å². The normalized spacial score (nSPS) is 12.3. The summed E-state index contributed by atoms with van der Waals surface area (Å²) in [6.45, 7) is 7.95. The number of nitrogens with zero attached hydrogens (tertiary/aromatic N) is 3. The molecule has 0 aliphatic rings. The second-order valence-corrected chi connectivity index (χ2v) is 6.49. The SMILES string of the molecule is CCc1oc2ccccc2c1CN(C)CC(=O)N(CC)CC(C)C#N. The van der Waals surface area contributed by atoms with Crippen LogP contribution < -0.4 is 0 Å². The molecule has 0 aliphatic carbocycles. The van der Waals surface area contributed by atoms with Crippen LogP contribution in [0.15, 0.2) is 28.7 Å². The number of para-hydroxylation sites is 1. The molecule has 1 aromatic heterocycles. The summed E-state index contributed by atoms with van der Waals surface area (Å²) >= 11 is 0. The molecule has 0 fully saturated rings. The van der Waals surface area contributed by atoms with Crippen molar-refractivity contribution in [3.8, 4) is 6.07 Å². The first kappa shape index (κ1) is 19.0. The number of nitriles is 1. The number of benzene rings is 1. The Morgan fingerprint density at radius 3 is 2.68 bits per heavy atom. The third kappa shape index (κ3) is 4.61. The van der Waals surface area contributed by atoms with Gasteiger partial charge in [0.15, 0.2) is 0 Å². The van der Waals surface area contributed by atoms with Crippen LogP contribution in [0.3, 0.4) is 0 Å². The quantitative estimate of drug-likeness (QED) is 0.738. The summed E-state index contributed by atoms with van der Waals surface area (Å²) in [6, 6.07) is 10.2. The average molecular weight is 341 g/mol. The molecule has 5 heteroatoms. The van der Waals surface area contributed by atoms with E-state index in [9.17, 15) is 4.79 Å². The summed E-state index contributed by atoms with van der Waals surface area (Å²) < 4.78 is 5.93. The van der Waals surface area contributed by atoms with E-state index in [2.05, 4.69) is 19.1 Å². The maximum Gasteiger partial charge on any atom is 0.236 e. The molecule has 1 unspecified atom stereocenters. The highest BCUT2D eigenvalue weighted by Gasteiger charge is 2.19. The van der Waals surface area contributed by atoms with Crippen LogP contribution in [0.2, 0.25) is 0 Å². The van der Waals surface area contributed by atoms with Gasteiger partial charge < -0.3 is 9.32 Å². The van der Waals surface area contributed by atoms with Gasteiger partial charge in [-0.25, -0.2) is 0 Å². The summed E-state index contributed by atoms with van der Waals surface area (Å²) in [7, 11) is 1.95. The van der Waals surface area contributed by atoms with Crippen LogP contribution in [-0.2, 0) is 17.8 Å². The van der Waals surface area contributed by atoms with Gasteiger partial charge in [-0.3, -0.25) is 9.69 Å². The molecule has 0 bridgehead atoms. The van der Waals surface area contributed by atoms with Gasteiger partial charge in [-0.05, 0) is 27.0 Å². The van der Waals surface area contributed by atoms with Gasteiger partial charge in [0.25, 0.3) is 0 Å². The first-order chi connectivity index (χ1) is 12.0. The summed E-state index contributed by atoms with van der Waals surface area (Å²) in [4.78, 5) is 16.3. The molecule has 5 nitrogen and oxygen atoms in total. The van der Waals surface area contributed by atoms with Gasteiger partial charge in [0.05, 0.1) is 18.5 Å². The molecule has 0 N–H and O–H groups in total. The van der Waals surface area contributed by atoms with Crippen LogP contribution in [0.25, 0.3) is 11.0 Å². The fourth-order valence-electron chi connectivity index (χ4n) is 3.04. The highest BCUT2D eigenvalue weighted by molar-refractivity contribution is 5.82. The highest BCUT2D eigenvalue weighted by Crippen LogP contribution is 2.27. The van der Waals surface area contributed by atoms with E-state index in [4.69, 9.17) is 9.68 Å². The van der Waals surface area contributed by atoms with Gasteiger partial charge in [0, 0.05) is 37.0 Å². The molecule has 25 heavy (non-hydrogen) atoms. The van der Waals surface area contributed by atoms with Crippen LogP contribution in [0, 0.1) is 17.2 Å². The summed E-state index contributed by atoms with van der Waals surface area (Å²) in [5.41, 5.74) is 2.05. The third-order valence-corrected chi connectivity index (χ3v) is 4.39. The summed E-state index contributed by atoms with van der Waals surface area (Å²) in [5.74, 6) is 0.877. The monoisotopic (exact) mass is 341 g/mol. The van der Waals surface area contributed by atoms with E-state index < -0.39 is 0 Å². The molecule has 134 valence electrons. The molecular weight excluding hydrogens is 314 g/mol. The zero-order valence-electron chi connectivity index (χ0n) is 15.6. The smallest absolute Gasteiger partial charge is 0.236 e. The minimum atomic E-state index is -0.154. The van der Waals surface area contributed by atoms with Crippen LogP contribution >= 0.6 is 0 Å². The molecule has 1 atom stereocenters. The first-order valence-corrected chi connectivity index (χ1v) is 8.85. The van der Waals surface area contributed by atoms with Gasteiger partial charge in [-0.15, -0.1) is 0 Å². The minimum absolute atomic E-state index is 0.0537. The number of amides is 1. The van der Waals surface area contributed by atoms with Crippen LogP contribution in [-0.4, -0.2) is 42.4 Å². The van der Waals surface area contributed by atoms with E-state index in [1.165, 1.54) is 0 Å². The van der Waals surface area contributed by atoms with Crippen molar-refractivity contribution in [3.05, 3.63) is 35.6 Å². The van der Waals surface area contributed by atoms with E-state index in [1.54, 1.807) is 4.90 Å². The van der Waals surface area contributed by atoms with Crippen molar-refractivity contribution in [2.75, 3.05) is 26.7 Å². The van der Waals surface area contributed by atoms with Crippen LogP contribution in [0.1, 0.15) is 32.1 Å². The summed E-state index contributed by atoms with van der Waals surface area (Å²) in [5, 5.41) is 10.1. The number of likely N-dealkylation sites (N-methyl/N-ethyl adjacent to an activating group) is 2. The van der Waals surface area contributed by atoms with Gasteiger partial charge in [0.2, 0.25) is 5.91 Å². The molecule has 0 spiro atoms. The third-order valence-electron chi connectivity index (χ3n) is 4.39. The highest BCUT2D eigenvalue weighted by atomic mass is 16.3. The van der Waals surface area contributed by atoms with E-state index in [0.29, 0.717) is 26.2 Å². The van der Waals surface area contributed by atoms with Crippen molar-refractivity contribution in [3.63, 3.8) is 0 Å². The Bertz CT molecular complexity index is 760. The van der Waals surface area contributed by atoms with Crippen LogP contribution in [0.5, 0.6) is 0 Å². The lowest BCUT2D eigenvalue weighted by atomic mass is 10.1. The van der Waals surface area contributed by atoms with Crippen molar-refractivity contribution in [2.45, 2.75) is 33.7 Å². The van der Waals surface area contributed by atoms with Gasteiger partial charge >= 0.3 is 0 Å². The second-order valence-electron chi connectivity index (χ2n) is 6.49. The fourth-order valence-corrected chi connectivity index (χ4v) is 3.04. The Morgan fingerprint density at radius 2 is 2.04 bits per heavy atom. The number of rotatable bonds is 8. The standard InChI is InChI=1S/C20H27N3O2/c1-5-18-17(16-9-7-8-10-19(16)25-18)13-22(4)14-20(24)23(6-2)12-15(3)11-21/h7-10,15H,5-6,12-14H2,1-4H3. The lowest BCUT2D eigenvalue weighted by molar-refractivity contribution is -0.132. The predicted molar refractivity (Wildman–Crippen MR) is 99.0 cm³/mol. The fraction of sp³-hybridized carbons (Fsp3) is 0.500. The molecule has 0 aliphatic heterocycles. The van der Waals surface area contributed by atoms with E-state index in [-0.39, 0.29) is 11.8 Å². The molecule has 2 aromatic rings. The molecule has 2 rings (SSSR count). The Balaban J connectivity index is 2.08. The van der Waals surface area contributed by atoms with Crippen molar-refractivity contribution in [1.29, 1.82) is 5.26 Å². The number of carbonyl (C=O) groups is 1. The zero-order chi connectivity index (χ0) is 18.4. The maximum atomic E-state index is 12.5. The molecule has 0 saturated heterocycles. The second kappa shape index (κ2) is 8.68. The molecule has 1 heterocycles. The Morgan fingerprint density at radius 1 is 1.32 bits per heavy atom. The topological polar surface area (TPSA) is 60.5 Å². The number of carbonyl (C=O) groups excluding carboxylic acids is 1. The molecule has 0 saturated carbocycles. The molecule has 0 radical (unpaired) electrons. The zero-order valence-corrected chi connectivity index (χ0v) is 15.6. The van der Waals surface area contributed by atoms with E-state index in [1.807, 2.05) is 44.0 Å². The van der Waals surface area contributed by atoms with Gasteiger partial charge in [0.1, 0.15) is 11.3 Å². The van der Waals surface area contributed by atoms with Gasteiger partial charge in [-0.1, -0.05) is 25.1 Å². The lowest BCUT2D eigenvalue weighted by Gasteiger charge is -2.25. The largest absolute Gasteiger partial charge is 0.461 e. The van der Waals surface area contributed by atoms with E-state index >= 15 is 0 Å². The summed E-state index contributed by atoms with van der Waals surface area (Å²) in [6.07, 6.45) is 0.826. The molecular formula is C20H27N3O2. The predicted octanol–water partition coefficient (Wildman–Crippen LogP) is 3.44. The molecule has 1 amide bonds. The van der Waals surface area contributed by atoms with Crippen LogP contribution in [0.4, 0.5) is 0 Å². The Kier molecular flexibility index (Phi) is 6.60. The van der Waals surface area contributed by atoms with Crippen molar-refractivity contribution >= 4 is 16.9 Å². The molecule has 1 aromatic carbocycles. The first-order valence-electron chi connectivity index (χ1n) is 8.85. The van der Waals surface area contributed by atoms with Crippen molar-refractivity contribution in [1.82, 2.24) is 9.80 Å². The number of hydrogen-bond donors (Lipinski definition) is 0. The lowest BCUT2D eigenvalue weighted by Crippen LogP contribution is -2.40. The average Bonchev–Trinajstić information content (AvgIpc) is 2.96. The number of aryl methyl sites for hydroxylation is 1. The number of hydrogen-bond acceptors (Lipinski definition) is 4. The Labute approximate surface area is 149 Å². The Hall–Kier alpha value is -2.32. The maximum absolute atomic E-state index is 12.5. The van der Waals surface area contributed by atoms with Crippen molar-refractivity contribution in [2.24, 2.45) is 5.92 Å². The van der Waals surface area contributed by atoms with Gasteiger partial charge in [-0.2, -0.15) is 5.26 Å². The number of fused-ring (bicyclic) bond motifs is 1.